The Kier molecular flexibility index (Phi) is 5.79. The molecule has 0 unspecified atom stereocenters. The van der Waals surface area contributed by atoms with Crippen LogP contribution in [0.4, 0.5) is 0 Å². The molecule has 0 saturated carbocycles. The van der Waals surface area contributed by atoms with Crippen LogP contribution in [0.3, 0.4) is 0 Å². The highest BCUT2D eigenvalue weighted by atomic mass is 32.1. The van der Waals surface area contributed by atoms with E-state index in [-0.39, 0.29) is 11.4 Å². The second kappa shape index (κ2) is 8.52. The summed E-state index contributed by atoms with van der Waals surface area (Å²) in [5, 5.41) is 4.00. The van der Waals surface area contributed by atoms with Gasteiger partial charge in [-0.05, 0) is 42.3 Å². The Balaban J connectivity index is 1.61. The zero-order chi connectivity index (χ0) is 22.0. The topological polar surface area (TPSA) is 52.3 Å². The smallest absolute Gasteiger partial charge is 0.338 e. The average Bonchev–Trinajstić information content (AvgIpc) is 3.39. The first-order chi connectivity index (χ1) is 14.8. The van der Waals surface area contributed by atoms with Crippen molar-refractivity contribution < 1.29 is 13.9 Å². The van der Waals surface area contributed by atoms with Crippen LogP contribution in [0.25, 0.3) is 33.9 Å². The lowest BCUT2D eigenvalue weighted by atomic mass is 9.93. The molecule has 4 nitrogen and oxygen atoms in total. The number of hydrogen-bond donors (Lipinski definition) is 0. The summed E-state index contributed by atoms with van der Waals surface area (Å²) in [6.07, 6.45) is 3.93. The Morgan fingerprint density at radius 3 is 2.68 bits per heavy atom. The minimum absolute atomic E-state index is 0.0125. The van der Waals surface area contributed by atoms with Crippen LogP contribution in [0, 0.1) is 0 Å². The molecule has 0 amide bonds. The first-order valence-corrected chi connectivity index (χ1v) is 11.2. The Labute approximate surface area is 186 Å². The lowest BCUT2D eigenvalue weighted by Gasteiger charge is -2.13. The fourth-order valence-electron chi connectivity index (χ4n) is 3.23. The van der Waals surface area contributed by atoms with E-state index in [0.29, 0.717) is 12.2 Å². The summed E-state index contributed by atoms with van der Waals surface area (Å²) in [4.78, 5) is 16.9. The number of hydrogen-bond acceptors (Lipinski definition) is 5. The molecule has 2 heterocycles. The van der Waals surface area contributed by atoms with E-state index < -0.39 is 0 Å². The zero-order valence-electron chi connectivity index (χ0n) is 18.1. The summed E-state index contributed by atoms with van der Waals surface area (Å²) in [5.74, 6) is 0.472. The van der Waals surface area contributed by atoms with Crippen molar-refractivity contribution in [3.05, 3.63) is 76.3 Å². The maximum absolute atomic E-state index is 12.2. The average molecular weight is 432 g/mol. The Bertz CT molecular complexity index is 1260. The van der Waals surface area contributed by atoms with Crippen LogP contribution in [0.15, 0.2) is 58.3 Å². The maximum atomic E-state index is 12.2. The van der Waals surface area contributed by atoms with Gasteiger partial charge in [-0.3, -0.25) is 0 Å². The number of thiazole rings is 1. The van der Waals surface area contributed by atoms with Crippen LogP contribution < -0.4 is 0 Å². The Hall–Kier alpha value is -3.18. The van der Waals surface area contributed by atoms with Crippen molar-refractivity contribution in [3.8, 4) is 10.8 Å². The third-order valence-electron chi connectivity index (χ3n) is 4.94. The number of nitrogens with zero attached hydrogens (tertiary/aromatic N) is 1. The van der Waals surface area contributed by atoms with Gasteiger partial charge in [-0.15, -0.1) is 11.3 Å². The Morgan fingerprint density at radius 2 is 1.94 bits per heavy atom. The minimum Gasteiger partial charge on any atom is -0.462 e. The molecule has 0 N–H and O–H groups in total. The van der Waals surface area contributed by atoms with E-state index in [9.17, 15) is 4.79 Å². The van der Waals surface area contributed by atoms with Crippen LogP contribution in [0.2, 0.25) is 0 Å². The van der Waals surface area contributed by atoms with Gasteiger partial charge in [0.2, 0.25) is 0 Å². The molecule has 0 saturated heterocycles. The highest BCUT2D eigenvalue weighted by molar-refractivity contribution is 7.13. The molecule has 0 aliphatic heterocycles. The molecule has 0 fully saturated rings. The molecule has 4 rings (SSSR count). The zero-order valence-corrected chi connectivity index (χ0v) is 19.0. The SMILES string of the molecule is CCOC(=O)c1ccccc1/C=C/c1ccc2oc(-c3nc(C(C)(C)C)cs3)cc2c1. The summed E-state index contributed by atoms with van der Waals surface area (Å²) in [6.45, 7) is 8.63. The first kappa shape index (κ1) is 21.1. The number of ether oxygens (including phenoxy) is 1. The van der Waals surface area contributed by atoms with E-state index in [2.05, 4.69) is 32.2 Å². The second-order valence-electron chi connectivity index (χ2n) is 8.34. The molecule has 0 atom stereocenters. The molecule has 0 radical (unpaired) electrons. The van der Waals surface area contributed by atoms with Gasteiger partial charge in [0, 0.05) is 16.2 Å². The van der Waals surface area contributed by atoms with Gasteiger partial charge in [-0.2, -0.15) is 0 Å². The lowest BCUT2D eigenvalue weighted by molar-refractivity contribution is 0.0526. The first-order valence-electron chi connectivity index (χ1n) is 10.3. The summed E-state index contributed by atoms with van der Waals surface area (Å²) in [7, 11) is 0. The van der Waals surface area contributed by atoms with Crippen LogP contribution in [-0.2, 0) is 10.2 Å². The Morgan fingerprint density at radius 1 is 1.13 bits per heavy atom. The van der Waals surface area contributed by atoms with Crippen LogP contribution in [0.5, 0.6) is 0 Å². The standard InChI is InChI=1S/C26H25NO3S/c1-5-29-25(28)20-9-7-6-8-18(20)12-10-17-11-13-21-19(14-17)15-22(30-21)24-27-23(16-31-24)26(2,3)4/h6-16H,5H2,1-4H3/b12-10+. The normalized spacial score (nSPS) is 12.0. The van der Waals surface area contributed by atoms with Gasteiger partial charge in [-0.25, -0.2) is 9.78 Å². The third-order valence-corrected chi connectivity index (χ3v) is 5.79. The fraction of sp³-hybridized carbons (Fsp3) is 0.231. The van der Waals surface area contributed by atoms with Gasteiger partial charge in [0.05, 0.1) is 17.9 Å². The van der Waals surface area contributed by atoms with E-state index >= 15 is 0 Å². The second-order valence-corrected chi connectivity index (χ2v) is 9.19. The number of esters is 1. The molecule has 2 aromatic carbocycles. The lowest BCUT2D eigenvalue weighted by Crippen LogP contribution is -2.11. The largest absolute Gasteiger partial charge is 0.462 e. The van der Waals surface area contributed by atoms with Crippen molar-refractivity contribution in [2.75, 3.05) is 6.61 Å². The summed E-state index contributed by atoms with van der Waals surface area (Å²) < 4.78 is 11.2. The molecule has 31 heavy (non-hydrogen) atoms. The molecule has 2 aromatic heterocycles. The monoisotopic (exact) mass is 431 g/mol. The predicted octanol–water partition coefficient (Wildman–Crippen LogP) is 7.20. The number of benzene rings is 2. The van der Waals surface area contributed by atoms with Gasteiger partial charge in [-0.1, -0.05) is 57.2 Å². The van der Waals surface area contributed by atoms with E-state index in [4.69, 9.17) is 14.1 Å². The van der Waals surface area contributed by atoms with E-state index in [1.54, 1.807) is 24.3 Å². The van der Waals surface area contributed by atoms with Crippen molar-refractivity contribution in [1.82, 2.24) is 4.98 Å². The molecule has 5 heteroatoms. The van der Waals surface area contributed by atoms with Crippen molar-refractivity contribution >= 4 is 40.4 Å². The van der Waals surface area contributed by atoms with E-state index in [1.807, 2.05) is 48.6 Å². The number of furan rings is 1. The molecule has 0 bridgehead atoms. The molecule has 0 aliphatic carbocycles. The molecule has 0 spiro atoms. The van der Waals surface area contributed by atoms with Gasteiger partial charge in [0.1, 0.15) is 5.58 Å². The predicted molar refractivity (Wildman–Crippen MR) is 127 cm³/mol. The van der Waals surface area contributed by atoms with E-state index in [1.165, 1.54) is 0 Å². The molecular weight excluding hydrogens is 406 g/mol. The molecule has 158 valence electrons. The van der Waals surface area contributed by atoms with Gasteiger partial charge in [0.15, 0.2) is 10.8 Å². The minimum atomic E-state index is -0.309. The van der Waals surface area contributed by atoms with Crippen LogP contribution >= 0.6 is 11.3 Å². The summed E-state index contributed by atoms with van der Waals surface area (Å²) in [6, 6.07) is 15.5. The van der Waals surface area contributed by atoms with Crippen molar-refractivity contribution in [2.24, 2.45) is 0 Å². The van der Waals surface area contributed by atoms with Crippen LogP contribution in [-0.4, -0.2) is 17.6 Å². The molecule has 0 aliphatic rings. The summed E-state index contributed by atoms with van der Waals surface area (Å²) in [5.41, 5.74) is 4.31. The number of carbonyl (C=O) groups is 1. The number of carbonyl (C=O) groups excluding carboxylic acids is 1. The van der Waals surface area contributed by atoms with Gasteiger partial charge < -0.3 is 9.15 Å². The van der Waals surface area contributed by atoms with Crippen molar-refractivity contribution in [2.45, 2.75) is 33.1 Å². The molecular formula is C26H25NO3S. The van der Waals surface area contributed by atoms with Crippen molar-refractivity contribution in [3.63, 3.8) is 0 Å². The highest BCUT2D eigenvalue weighted by Crippen LogP contribution is 2.33. The van der Waals surface area contributed by atoms with Gasteiger partial charge in [0.25, 0.3) is 0 Å². The highest BCUT2D eigenvalue weighted by Gasteiger charge is 2.19. The summed E-state index contributed by atoms with van der Waals surface area (Å²) >= 11 is 1.60. The quantitative estimate of drug-likeness (QED) is 0.248. The number of rotatable bonds is 5. The fourth-order valence-corrected chi connectivity index (χ4v) is 4.22. The van der Waals surface area contributed by atoms with E-state index in [0.717, 1.165) is 38.6 Å². The van der Waals surface area contributed by atoms with Gasteiger partial charge >= 0.3 is 5.97 Å². The van der Waals surface area contributed by atoms with Crippen molar-refractivity contribution in [1.29, 1.82) is 0 Å². The molecule has 4 aromatic rings. The maximum Gasteiger partial charge on any atom is 0.338 e. The third kappa shape index (κ3) is 4.62. The number of aromatic nitrogens is 1. The number of fused-ring (bicyclic) bond motifs is 1. The van der Waals surface area contributed by atoms with Crippen LogP contribution in [0.1, 0.15) is 54.9 Å².